The van der Waals surface area contributed by atoms with E-state index in [2.05, 4.69) is 25.1 Å². The van der Waals surface area contributed by atoms with Crippen molar-refractivity contribution in [3.63, 3.8) is 0 Å². The Bertz CT molecular complexity index is 524. The van der Waals surface area contributed by atoms with Gasteiger partial charge in [0.1, 0.15) is 0 Å². The zero-order valence-electron chi connectivity index (χ0n) is 12.3. The maximum Gasteiger partial charge on any atom is 0.397 e. The summed E-state index contributed by atoms with van der Waals surface area (Å²) < 4.78 is 4.83. The Balaban J connectivity index is 2.27. The Morgan fingerprint density at radius 2 is 2.10 bits per heavy atom. The highest BCUT2D eigenvalue weighted by atomic mass is 16.5. The van der Waals surface area contributed by atoms with Gasteiger partial charge in [0.15, 0.2) is 0 Å². The van der Waals surface area contributed by atoms with Gasteiger partial charge in [-0.05, 0) is 37.8 Å². The van der Waals surface area contributed by atoms with Crippen LogP contribution in [0, 0.1) is 6.92 Å². The molecular formula is C16H21NO3. The van der Waals surface area contributed by atoms with Crippen LogP contribution in [0.1, 0.15) is 43.0 Å². The molecule has 1 aromatic carbocycles. The third-order valence-electron chi connectivity index (χ3n) is 3.75. The number of hydrogen-bond donors (Lipinski definition) is 0. The molecule has 0 saturated carbocycles. The summed E-state index contributed by atoms with van der Waals surface area (Å²) in [6.07, 6.45) is 1.58. The summed E-state index contributed by atoms with van der Waals surface area (Å²) >= 11 is 0. The largest absolute Gasteiger partial charge is 0.459 e. The van der Waals surface area contributed by atoms with Gasteiger partial charge in [0.2, 0.25) is 0 Å². The number of benzene rings is 1. The Labute approximate surface area is 119 Å². The van der Waals surface area contributed by atoms with Crippen molar-refractivity contribution in [2.75, 3.05) is 13.2 Å². The van der Waals surface area contributed by atoms with E-state index in [1.165, 1.54) is 11.1 Å². The summed E-state index contributed by atoms with van der Waals surface area (Å²) in [5.41, 5.74) is 3.66. The van der Waals surface area contributed by atoms with Crippen LogP contribution in [-0.4, -0.2) is 29.9 Å². The van der Waals surface area contributed by atoms with Crippen molar-refractivity contribution in [1.29, 1.82) is 0 Å². The van der Waals surface area contributed by atoms with Crippen LogP contribution in [0.25, 0.3) is 0 Å². The molecule has 1 aliphatic rings. The fraction of sp³-hybridized carbons (Fsp3) is 0.500. The van der Waals surface area contributed by atoms with Gasteiger partial charge in [0.05, 0.1) is 12.6 Å². The molecule has 108 valence electrons. The second-order valence-corrected chi connectivity index (χ2v) is 5.10. The van der Waals surface area contributed by atoms with Crippen LogP contribution in [0.4, 0.5) is 0 Å². The average molecular weight is 275 g/mol. The molecule has 0 spiro atoms. The lowest BCUT2D eigenvalue weighted by atomic mass is 9.90. The highest BCUT2D eigenvalue weighted by molar-refractivity contribution is 6.32. The molecular weight excluding hydrogens is 254 g/mol. The molecule has 4 heteroatoms. The van der Waals surface area contributed by atoms with E-state index < -0.39 is 11.9 Å². The van der Waals surface area contributed by atoms with Crippen molar-refractivity contribution in [2.24, 2.45) is 0 Å². The monoisotopic (exact) mass is 275 g/mol. The van der Waals surface area contributed by atoms with Crippen LogP contribution in [0.5, 0.6) is 0 Å². The standard InChI is InChI=1S/C16H21NO3/c1-4-14-13-7-6-11(3)10-12(13)8-9-17(14)15(18)16(19)20-5-2/h6-7,10,14H,4-5,8-9H2,1-3H3. The minimum atomic E-state index is -0.749. The van der Waals surface area contributed by atoms with Gasteiger partial charge in [0.25, 0.3) is 0 Å². The molecule has 20 heavy (non-hydrogen) atoms. The minimum absolute atomic E-state index is 0.0312. The van der Waals surface area contributed by atoms with Gasteiger partial charge in [-0.15, -0.1) is 0 Å². The van der Waals surface area contributed by atoms with Gasteiger partial charge in [-0.1, -0.05) is 30.7 Å². The second-order valence-electron chi connectivity index (χ2n) is 5.10. The number of carbonyl (C=O) groups excluding carboxylic acids is 2. The molecule has 0 aromatic heterocycles. The number of esters is 1. The second kappa shape index (κ2) is 6.07. The first kappa shape index (κ1) is 14.6. The summed E-state index contributed by atoms with van der Waals surface area (Å²) in [6.45, 7) is 6.61. The molecule has 1 heterocycles. The Morgan fingerprint density at radius 3 is 2.75 bits per heavy atom. The maximum absolute atomic E-state index is 12.2. The lowest BCUT2D eigenvalue weighted by molar-refractivity contribution is -0.161. The van der Waals surface area contributed by atoms with Gasteiger partial charge >= 0.3 is 11.9 Å². The van der Waals surface area contributed by atoms with Crippen molar-refractivity contribution in [1.82, 2.24) is 4.90 Å². The van der Waals surface area contributed by atoms with E-state index in [1.54, 1.807) is 11.8 Å². The summed E-state index contributed by atoms with van der Waals surface area (Å²) in [7, 11) is 0. The van der Waals surface area contributed by atoms with Crippen molar-refractivity contribution < 1.29 is 14.3 Å². The van der Waals surface area contributed by atoms with Crippen molar-refractivity contribution >= 4 is 11.9 Å². The molecule has 0 radical (unpaired) electrons. The molecule has 0 bridgehead atoms. The zero-order chi connectivity index (χ0) is 14.7. The number of amides is 1. The van der Waals surface area contributed by atoms with E-state index in [4.69, 9.17) is 4.74 Å². The number of carbonyl (C=O) groups is 2. The lowest BCUT2D eigenvalue weighted by Crippen LogP contribution is -2.44. The van der Waals surface area contributed by atoms with E-state index in [0.717, 1.165) is 18.4 Å². The smallest absolute Gasteiger partial charge is 0.397 e. The van der Waals surface area contributed by atoms with Gasteiger partial charge in [-0.25, -0.2) is 4.79 Å². The average Bonchev–Trinajstić information content (AvgIpc) is 2.45. The molecule has 4 nitrogen and oxygen atoms in total. The van der Waals surface area contributed by atoms with Gasteiger partial charge in [0, 0.05) is 6.54 Å². The third kappa shape index (κ3) is 2.69. The molecule has 1 amide bonds. The fourth-order valence-corrected chi connectivity index (χ4v) is 2.83. The van der Waals surface area contributed by atoms with Crippen LogP contribution in [-0.2, 0) is 20.7 Å². The summed E-state index contributed by atoms with van der Waals surface area (Å²) in [5, 5.41) is 0. The highest BCUT2D eigenvalue weighted by Gasteiger charge is 2.33. The van der Waals surface area contributed by atoms with Crippen LogP contribution in [0.3, 0.4) is 0 Å². The Kier molecular flexibility index (Phi) is 4.42. The van der Waals surface area contributed by atoms with E-state index in [0.29, 0.717) is 6.54 Å². The molecule has 2 rings (SSSR count). The van der Waals surface area contributed by atoms with Crippen LogP contribution >= 0.6 is 0 Å². The SMILES string of the molecule is CCOC(=O)C(=O)N1CCc2cc(C)ccc2C1CC. The summed E-state index contributed by atoms with van der Waals surface area (Å²) in [5.74, 6) is -1.27. The molecule has 1 aliphatic heterocycles. The molecule has 1 aromatic rings. The normalized spacial score (nSPS) is 17.6. The summed E-state index contributed by atoms with van der Waals surface area (Å²) in [6, 6.07) is 6.27. The molecule has 0 aliphatic carbocycles. The van der Waals surface area contributed by atoms with E-state index >= 15 is 0 Å². The number of hydrogen-bond acceptors (Lipinski definition) is 3. The van der Waals surface area contributed by atoms with Crippen molar-refractivity contribution in [2.45, 2.75) is 39.7 Å². The maximum atomic E-state index is 12.2. The van der Waals surface area contributed by atoms with Gasteiger partial charge < -0.3 is 9.64 Å². The van der Waals surface area contributed by atoms with Crippen molar-refractivity contribution in [3.05, 3.63) is 34.9 Å². The number of fused-ring (bicyclic) bond motifs is 1. The summed E-state index contributed by atoms with van der Waals surface area (Å²) in [4.78, 5) is 25.5. The van der Waals surface area contributed by atoms with E-state index in [1.807, 2.05) is 6.92 Å². The first-order chi connectivity index (χ1) is 9.58. The number of rotatable bonds is 2. The highest BCUT2D eigenvalue weighted by Crippen LogP contribution is 2.32. The van der Waals surface area contributed by atoms with E-state index in [9.17, 15) is 9.59 Å². The van der Waals surface area contributed by atoms with E-state index in [-0.39, 0.29) is 12.6 Å². The van der Waals surface area contributed by atoms with Crippen molar-refractivity contribution in [3.8, 4) is 0 Å². The lowest BCUT2D eigenvalue weighted by Gasteiger charge is -2.36. The molecule has 0 fully saturated rings. The van der Waals surface area contributed by atoms with Crippen LogP contribution in [0.2, 0.25) is 0 Å². The van der Waals surface area contributed by atoms with Crippen LogP contribution < -0.4 is 0 Å². The molecule has 1 unspecified atom stereocenters. The molecule has 1 atom stereocenters. The Morgan fingerprint density at radius 1 is 1.35 bits per heavy atom. The number of aryl methyl sites for hydroxylation is 1. The first-order valence-corrected chi connectivity index (χ1v) is 7.15. The first-order valence-electron chi connectivity index (χ1n) is 7.15. The molecule has 0 saturated heterocycles. The fourth-order valence-electron chi connectivity index (χ4n) is 2.83. The topological polar surface area (TPSA) is 46.6 Å². The Hall–Kier alpha value is -1.84. The zero-order valence-corrected chi connectivity index (χ0v) is 12.3. The predicted molar refractivity (Wildman–Crippen MR) is 76.3 cm³/mol. The third-order valence-corrected chi connectivity index (χ3v) is 3.75. The number of nitrogens with zero attached hydrogens (tertiary/aromatic N) is 1. The van der Waals surface area contributed by atoms with Gasteiger partial charge in [-0.2, -0.15) is 0 Å². The predicted octanol–water partition coefficient (Wildman–Crippen LogP) is 2.39. The number of ether oxygens (including phenoxy) is 1. The molecule has 0 N–H and O–H groups in total. The minimum Gasteiger partial charge on any atom is -0.459 e. The van der Waals surface area contributed by atoms with Gasteiger partial charge in [-0.3, -0.25) is 4.79 Å². The quantitative estimate of drug-likeness (QED) is 0.615. The van der Waals surface area contributed by atoms with Crippen LogP contribution in [0.15, 0.2) is 18.2 Å².